The second kappa shape index (κ2) is 13.5. The van der Waals surface area contributed by atoms with Crippen LogP contribution >= 0.6 is 23.4 Å². The first-order chi connectivity index (χ1) is 18.1. The van der Waals surface area contributed by atoms with Crippen LogP contribution in [0.5, 0.6) is 5.75 Å². The Bertz CT molecular complexity index is 1380. The van der Waals surface area contributed by atoms with E-state index >= 15 is 0 Å². The molecule has 38 heavy (non-hydrogen) atoms. The zero-order valence-corrected chi connectivity index (χ0v) is 23.3. The summed E-state index contributed by atoms with van der Waals surface area (Å²) in [5.74, 6) is 1.60. The number of sulfonamides is 1. The number of amides is 1. The van der Waals surface area contributed by atoms with Crippen LogP contribution in [-0.4, -0.2) is 45.2 Å². The van der Waals surface area contributed by atoms with Gasteiger partial charge in [0.1, 0.15) is 12.3 Å². The number of hydrogen-bond acceptors (Lipinski definition) is 7. The van der Waals surface area contributed by atoms with E-state index in [9.17, 15) is 23.3 Å². The average molecular weight is 578 g/mol. The summed E-state index contributed by atoms with van der Waals surface area (Å²) in [6.45, 7) is 1.40. The summed E-state index contributed by atoms with van der Waals surface area (Å²) in [4.78, 5) is 23.2. The molecule has 1 amide bonds. The SMILES string of the molecule is COc1ccc(N(CC(=O)NCCCSCc2cccc(Cl)c2)S(=O)(=O)c2ccc(C)c([N+](=O)[O-])c2)cc1. The summed E-state index contributed by atoms with van der Waals surface area (Å²) in [5.41, 5.74) is 1.35. The van der Waals surface area contributed by atoms with Gasteiger partial charge in [-0.2, -0.15) is 11.8 Å². The number of aryl methyl sites for hydroxylation is 1. The van der Waals surface area contributed by atoms with Crippen LogP contribution < -0.4 is 14.4 Å². The van der Waals surface area contributed by atoms with E-state index in [1.807, 2.05) is 24.3 Å². The average Bonchev–Trinajstić information content (AvgIpc) is 2.89. The van der Waals surface area contributed by atoms with Gasteiger partial charge in [0.15, 0.2) is 0 Å². The van der Waals surface area contributed by atoms with E-state index in [0.29, 0.717) is 29.3 Å². The Kier molecular flexibility index (Phi) is 10.4. The van der Waals surface area contributed by atoms with Crippen molar-refractivity contribution in [3.63, 3.8) is 0 Å². The normalized spacial score (nSPS) is 11.1. The fourth-order valence-corrected chi connectivity index (χ4v) is 6.10. The van der Waals surface area contributed by atoms with Crippen LogP contribution in [0.25, 0.3) is 0 Å². The van der Waals surface area contributed by atoms with Crippen molar-refractivity contribution in [1.82, 2.24) is 5.32 Å². The largest absolute Gasteiger partial charge is 0.497 e. The summed E-state index contributed by atoms with van der Waals surface area (Å²) in [7, 11) is -2.82. The van der Waals surface area contributed by atoms with E-state index in [1.165, 1.54) is 38.3 Å². The summed E-state index contributed by atoms with van der Waals surface area (Å²) in [6.07, 6.45) is 0.691. The zero-order chi connectivity index (χ0) is 27.7. The first-order valence-electron chi connectivity index (χ1n) is 11.6. The molecule has 1 N–H and O–H groups in total. The minimum Gasteiger partial charge on any atom is -0.497 e. The molecule has 0 saturated carbocycles. The summed E-state index contributed by atoms with van der Waals surface area (Å²) >= 11 is 7.71. The number of thioether (sulfide) groups is 1. The lowest BCUT2D eigenvalue weighted by Gasteiger charge is -2.24. The number of benzene rings is 3. The number of ether oxygens (including phenoxy) is 1. The Morgan fingerprint density at radius 1 is 1.13 bits per heavy atom. The minimum absolute atomic E-state index is 0.223. The number of nitrogens with zero attached hydrogens (tertiary/aromatic N) is 2. The lowest BCUT2D eigenvalue weighted by molar-refractivity contribution is -0.385. The minimum atomic E-state index is -4.30. The number of rotatable bonds is 13. The number of methoxy groups -OCH3 is 1. The number of nitro benzene ring substituents is 1. The number of carbonyl (C=O) groups excluding carboxylic acids is 1. The molecular formula is C26H28ClN3O6S2. The highest BCUT2D eigenvalue weighted by Crippen LogP contribution is 2.29. The Hall–Kier alpha value is -3.28. The molecule has 3 aromatic carbocycles. The van der Waals surface area contributed by atoms with Crippen molar-refractivity contribution < 1.29 is 22.9 Å². The highest BCUT2D eigenvalue weighted by atomic mass is 35.5. The molecule has 0 unspecified atom stereocenters. The predicted octanol–water partition coefficient (Wildman–Crippen LogP) is 5.20. The first-order valence-corrected chi connectivity index (χ1v) is 14.6. The number of anilines is 1. The molecule has 3 aromatic rings. The molecule has 202 valence electrons. The van der Waals surface area contributed by atoms with Crippen LogP contribution in [0.15, 0.2) is 71.6 Å². The molecule has 0 bridgehead atoms. The standard InChI is InChI=1S/C26H28ClN3O6S2/c1-19-7-12-24(16-25(19)30(32)33)38(34,35)29(22-8-10-23(36-2)11-9-22)17-26(31)28-13-4-14-37-18-20-5-3-6-21(27)15-20/h3,5-12,15-16H,4,13-14,17-18H2,1-2H3,(H,28,31). The van der Waals surface area contributed by atoms with Gasteiger partial charge in [0.2, 0.25) is 5.91 Å². The van der Waals surface area contributed by atoms with E-state index in [-0.39, 0.29) is 16.3 Å². The van der Waals surface area contributed by atoms with Crippen molar-refractivity contribution in [2.45, 2.75) is 24.0 Å². The topological polar surface area (TPSA) is 119 Å². The molecule has 0 radical (unpaired) electrons. The Morgan fingerprint density at radius 3 is 2.53 bits per heavy atom. The van der Waals surface area contributed by atoms with Gasteiger partial charge in [0, 0.05) is 29.0 Å². The van der Waals surface area contributed by atoms with Crippen molar-refractivity contribution in [3.05, 3.63) is 93.0 Å². The van der Waals surface area contributed by atoms with E-state index in [1.54, 1.807) is 23.9 Å². The fraction of sp³-hybridized carbons (Fsp3) is 0.269. The number of carbonyl (C=O) groups is 1. The van der Waals surface area contributed by atoms with E-state index in [4.69, 9.17) is 16.3 Å². The van der Waals surface area contributed by atoms with Crippen molar-refractivity contribution in [2.75, 3.05) is 30.3 Å². The number of halogens is 1. The maximum Gasteiger partial charge on any atom is 0.273 e. The number of nitro groups is 1. The highest BCUT2D eigenvalue weighted by molar-refractivity contribution is 7.98. The van der Waals surface area contributed by atoms with Gasteiger partial charge >= 0.3 is 0 Å². The van der Waals surface area contributed by atoms with Crippen molar-refractivity contribution in [3.8, 4) is 5.75 Å². The Morgan fingerprint density at radius 2 is 1.87 bits per heavy atom. The smallest absolute Gasteiger partial charge is 0.273 e. The lowest BCUT2D eigenvalue weighted by Crippen LogP contribution is -2.41. The van der Waals surface area contributed by atoms with Gasteiger partial charge in [-0.15, -0.1) is 0 Å². The van der Waals surface area contributed by atoms with Gasteiger partial charge in [-0.1, -0.05) is 29.8 Å². The van der Waals surface area contributed by atoms with Crippen molar-refractivity contribution in [1.29, 1.82) is 0 Å². The molecule has 9 nitrogen and oxygen atoms in total. The molecule has 0 heterocycles. The van der Waals surface area contributed by atoms with Gasteiger partial charge in [-0.05, 0) is 67.1 Å². The van der Waals surface area contributed by atoms with Crippen molar-refractivity contribution in [2.24, 2.45) is 0 Å². The van der Waals surface area contributed by atoms with Crippen LogP contribution in [-0.2, 0) is 20.6 Å². The zero-order valence-electron chi connectivity index (χ0n) is 20.9. The van der Waals surface area contributed by atoms with Crippen LogP contribution in [0, 0.1) is 17.0 Å². The monoisotopic (exact) mass is 577 g/mol. The predicted molar refractivity (Wildman–Crippen MR) is 151 cm³/mol. The second-order valence-corrected chi connectivity index (χ2v) is 11.7. The summed E-state index contributed by atoms with van der Waals surface area (Å²) in [6, 6.07) is 17.5. The summed E-state index contributed by atoms with van der Waals surface area (Å²) in [5, 5.41) is 14.8. The van der Waals surface area contributed by atoms with Gasteiger partial charge < -0.3 is 10.1 Å². The van der Waals surface area contributed by atoms with Crippen LogP contribution in [0.4, 0.5) is 11.4 Å². The highest BCUT2D eigenvalue weighted by Gasteiger charge is 2.29. The maximum atomic E-state index is 13.6. The van der Waals surface area contributed by atoms with Crippen molar-refractivity contribution >= 4 is 50.7 Å². The van der Waals surface area contributed by atoms with Gasteiger partial charge in [-0.25, -0.2) is 8.42 Å². The third-order valence-electron chi connectivity index (χ3n) is 5.56. The molecule has 0 saturated heterocycles. The maximum absolute atomic E-state index is 13.6. The number of nitrogens with one attached hydrogen (secondary N) is 1. The summed E-state index contributed by atoms with van der Waals surface area (Å²) < 4.78 is 33.2. The number of hydrogen-bond donors (Lipinski definition) is 1. The van der Waals surface area contributed by atoms with Gasteiger partial charge in [-0.3, -0.25) is 19.2 Å². The molecular weight excluding hydrogens is 550 g/mol. The van der Waals surface area contributed by atoms with Crippen LogP contribution in [0.2, 0.25) is 5.02 Å². The lowest BCUT2D eigenvalue weighted by atomic mass is 10.2. The second-order valence-electron chi connectivity index (χ2n) is 8.30. The fourth-order valence-electron chi connectivity index (χ4n) is 3.54. The Balaban J connectivity index is 1.68. The molecule has 0 atom stereocenters. The molecule has 0 aliphatic rings. The molecule has 0 aliphatic heterocycles. The van der Waals surface area contributed by atoms with E-state index in [2.05, 4.69) is 5.32 Å². The van der Waals surface area contributed by atoms with Crippen LogP contribution in [0.3, 0.4) is 0 Å². The third kappa shape index (κ3) is 7.86. The molecule has 0 fully saturated rings. The van der Waals surface area contributed by atoms with E-state index in [0.717, 1.165) is 27.4 Å². The molecule has 0 spiro atoms. The van der Waals surface area contributed by atoms with Gasteiger partial charge in [0.05, 0.1) is 22.6 Å². The van der Waals surface area contributed by atoms with Gasteiger partial charge in [0.25, 0.3) is 15.7 Å². The third-order valence-corrected chi connectivity index (χ3v) is 8.68. The molecule has 3 rings (SSSR count). The molecule has 0 aliphatic carbocycles. The first kappa shape index (κ1) is 29.3. The van der Waals surface area contributed by atoms with Crippen LogP contribution in [0.1, 0.15) is 17.5 Å². The Labute approximate surface area is 231 Å². The quantitative estimate of drug-likeness (QED) is 0.168. The van der Waals surface area contributed by atoms with E-state index < -0.39 is 27.4 Å². The molecule has 0 aromatic heterocycles. The molecule has 12 heteroatoms.